The van der Waals surface area contributed by atoms with E-state index in [2.05, 4.69) is 9.97 Å². The molecule has 1 aliphatic heterocycles. The van der Waals surface area contributed by atoms with E-state index >= 15 is 0 Å². The molecule has 0 radical (unpaired) electrons. The van der Waals surface area contributed by atoms with Crippen molar-refractivity contribution in [1.82, 2.24) is 24.8 Å². The van der Waals surface area contributed by atoms with Crippen LogP contribution in [0.1, 0.15) is 58.1 Å². The Morgan fingerprint density at radius 3 is 2.47 bits per heavy atom. The molecule has 3 heterocycles. The zero-order chi connectivity index (χ0) is 22.2. The molecule has 0 spiro atoms. The number of aryl methyl sites for hydroxylation is 2. The maximum Gasteiger partial charge on any atom is 0.266 e. The SMILES string of the molecule is Cc1nc(C)c(C(=O)N(C)Cc2nc([C@H]3CC(=O)N(C(C)C)C3)cc(N(C)C)n2)s1. The van der Waals surface area contributed by atoms with Gasteiger partial charge in [-0.3, -0.25) is 9.59 Å². The molecular weight excluding hydrogens is 400 g/mol. The number of hydrogen-bond acceptors (Lipinski definition) is 7. The van der Waals surface area contributed by atoms with Gasteiger partial charge in [-0.25, -0.2) is 15.0 Å². The molecular formula is C21H30N6O2S. The molecule has 0 aliphatic carbocycles. The van der Waals surface area contributed by atoms with Crippen molar-refractivity contribution >= 4 is 29.0 Å². The number of carbonyl (C=O) groups excluding carboxylic acids is 2. The van der Waals surface area contributed by atoms with Crippen molar-refractivity contribution in [3.63, 3.8) is 0 Å². The van der Waals surface area contributed by atoms with Gasteiger partial charge >= 0.3 is 0 Å². The summed E-state index contributed by atoms with van der Waals surface area (Å²) in [7, 11) is 5.60. The van der Waals surface area contributed by atoms with E-state index in [1.807, 2.05) is 57.7 Å². The lowest BCUT2D eigenvalue weighted by Crippen LogP contribution is -2.32. The molecule has 0 unspecified atom stereocenters. The van der Waals surface area contributed by atoms with Gasteiger partial charge in [-0.1, -0.05) is 0 Å². The van der Waals surface area contributed by atoms with Crippen molar-refractivity contribution in [2.45, 2.75) is 52.6 Å². The first-order chi connectivity index (χ1) is 14.1. The van der Waals surface area contributed by atoms with Crippen LogP contribution in [0.4, 0.5) is 5.82 Å². The number of anilines is 1. The Labute approximate surface area is 181 Å². The van der Waals surface area contributed by atoms with Crippen LogP contribution in [0.15, 0.2) is 6.07 Å². The first-order valence-electron chi connectivity index (χ1n) is 10.1. The van der Waals surface area contributed by atoms with E-state index in [1.54, 1.807) is 11.9 Å². The first-order valence-corrected chi connectivity index (χ1v) is 10.9. The van der Waals surface area contributed by atoms with Crippen molar-refractivity contribution in [3.05, 3.63) is 33.2 Å². The number of rotatable bonds is 6. The van der Waals surface area contributed by atoms with E-state index in [1.165, 1.54) is 11.3 Å². The second-order valence-electron chi connectivity index (χ2n) is 8.31. The van der Waals surface area contributed by atoms with Gasteiger partial charge in [0.05, 0.1) is 22.9 Å². The van der Waals surface area contributed by atoms with Gasteiger partial charge in [0.15, 0.2) is 0 Å². The number of aromatic nitrogens is 3. The molecule has 8 nitrogen and oxygen atoms in total. The number of amides is 2. The molecule has 2 aromatic rings. The number of carbonyl (C=O) groups is 2. The Bertz CT molecular complexity index is 955. The van der Waals surface area contributed by atoms with E-state index in [4.69, 9.17) is 4.98 Å². The summed E-state index contributed by atoms with van der Waals surface area (Å²) in [6.07, 6.45) is 0.454. The minimum absolute atomic E-state index is 0.0350. The smallest absolute Gasteiger partial charge is 0.266 e. The lowest BCUT2D eigenvalue weighted by Gasteiger charge is -2.22. The number of hydrogen-bond donors (Lipinski definition) is 0. The van der Waals surface area contributed by atoms with Crippen LogP contribution in [0.5, 0.6) is 0 Å². The van der Waals surface area contributed by atoms with Crippen LogP contribution in [-0.2, 0) is 11.3 Å². The molecule has 0 aromatic carbocycles. The summed E-state index contributed by atoms with van der Waals surface area (Å²) in [6.45, 7) is 8.75. The summed E-state index contributed by atoms with van der Waals surface area (Å²) in [6, 6.07) is 2.12. The predicted octanol–water partition coefficient (Wildman–Crippen LogP) is 2.61. The molecule has 0 N–H and O–H groups in total. The third-order valence-electron chi connectivity index (χ3n) is 5.26. The monoisotopic (exact) mass is 430 g/mol. The van der Waals surface area contributed by atoms with Gasteiger partial charge in [0.1, 0.15) is 16.5 Å². The van der Waals surface area contributed by atoms with Gasteiger partial charge in [0.25, 0.3) is 5.91 Å². The zero-order valence-electron chi connectivity index (χ0n) is 18.8. The maximum absolute atomic E-state index is 12.9. The summed E-state index contributed by atoms with van der Waals surface area (Å²) in [5, 5.41) is 0.873. The van der Waals surface area contributed by atoms with Crippen molar-refractivity contribution < 1.29 is 9.59 Å². The number of thiazole rings is 1. The quantitative estimate of drug-likeness (QED) is 0.701. The molecule has 0 bridgehead atoms. The van der Waals surface area contributed by atoms with E-state index in [9.17, 15) is 9.59 Å². The summed E-state index contributed by atoms with van der Waals surface area (Å²) in [4.78, 5) is 45.1. The number of nitrogens with zero attached hydrogens (tertiary/aromatic N) is 6. The minimum Gasteiger partial charge on any atom is -0.363 e. The number of likely N-dealkylation sites (tertiary alicyclic amines) is 1. The highest BCUT2D eigenvalue weighted by molar-refractivity contribution is 7.13. The third-order valence-corrected chi connectivity index (χ3v) is 6.32. The van der Waals surface area contributed by atoms with Crippen LogP contribution in [0.25, 0.3) is 0 Å². The van der Waals surface area contributed by atoms with E-state index in [-0.39, 0.29) is 23.8 Å². The third kappa shape index (κ3) is 4.61. The second-order valence-corrected chi connectivity index (χ2v) is 9.51. The summed E-state index contributed by atoms with van der Waals surface area (Å²) in [5.74, 6) is 1.45. The van der Waals surface area contributed by atoms with Crippen molar-refractivity contribution in [3.8, 4) is 0 Å². The first kappa shape index (κ1) is 22.1. The van der Waals surface area contributed by atoms with Crippen molar-refractivity contribution in [2.75, 3.05) is 32.6 Å². The Kier molecular flexibility index (Phi) is 6.40. The standard InChI is InChI=1S/C21H30N6O2S/c1-12(2)27-10-15(8-19(27)28)16-9-18(25(5)6)24-17(23-16)11-26(7)21(29)20-13(3)22-14(4)30-20/h9,12,15H,8,10-11H2,1-7H3/t15-/m0/s1. The molecule has 162 valence electrons. The van der Waals surface area contributed by atoms with Gasteiger partial charge in [-0.15, -0.1) is 11.3 Å². The molecule has 30 heavy (non-hydrogen) atoms. The summed E-state index contributed by atoms with van der Waals surface area (Å²) >= 11 is 1.40. The molecule has 2 aromatic heterocycles. The van der Waals surface area contributed by atoms with Crippen LogP contribution >= 0.6 is 11.3 Å². The fourth-order valence-electron chi connectivity index (χ4n) is 3.63. The van der Waals surface area contributed by atoms with E-state index in [0.717, 1.165) is 22.2 Å². The van der Waals surface area contributed by atoms with Gasteiger partial charge in [0, 0.05) is 52.1 Å². The molecule has 9 heteroatoms. The average molecular weight is 431 g/mol. The fraction of sp³-hybridized carbons (Fsp3) is 0.571. The molecule has 1 aliphatic rings. The Morgan fingerprint density at radius 2 is 1.93 bits per heavy atom. The summed E-state index contributed by atoms with van der Waals surface area (Å²) < 4.78 is 0. The van der Waals surface area contributed by atoms with Crippen LogP contribution in [-0.4, -0.2) is 70.3 Å². The minimum atomic E-state index is -0.0828. The predicted molar refractivity (Wildman–Crippen MR) is 118 cm³/mol. The van der Waals surface area contributed by atoms with Crippen LogP contribution < -0.4 is 4.90 Å². The molecule has 2 amide bonds. The zero-order valence-corrected chi connectivity index (χ0v) is 19.6. The lowest BCUT2D eigenvalue weighted by atomic mass is 10.0. The molecule has 3 rings (SSSR count). The van der Waals surface area contributed by atoms with Gasteiger partial charge in [0.2, 0.25) is 5.91 Å². The van der Waals surface area contributed by atoms with Gasteiger partial charge in [-0.2, -0.15) is 0 Å². The molecule has 1 saturated heterocycles. The highest BCUT2D eigenvalue weighted by Gasteiger charge is 2.33. The van der Waals surface area contributed by atoms with Crippen molar-refractivity contribution in [2.24, 2.45) is 0 Å². The fourth-order valence-corrected chi connectivity index (χ4v) is 4.54. The van der Waals surface area contributed by atoms with Crippen LogP contribution in [0, 0.1) is 13.8 Å². The Morgan fingerprint density at radius 1 is 1.23 bits per heavy atom. The van der Waals surface area contributed by atoms with Gasteiger partial charge in [-0.05, 0) is 27.7 Å². The van der Waals surface area contributed by atoms with Crippen LogP contribution in [0.2, 0.25) is 0 Å². The molecule has 1 fully saturated rings. The highest BCUT2D eigenvalue weighted by atomic mass is 32.1. The molecule has 1 atom stereocenters. The summed E-state index contributed by atoms with van der Waals surface area (Å²) in [5.41, 5.74) is 1.60. The van der Waals surface area contributed by atoms with Gasteiger partial charge < -0.3 is 14.7 Å². The van der Waals surface area contributed by atoms with E-state index in [0.29, 0.717) is 30.2 Å². The Balaban J connectivity index is 1.85. The average Bonchev–Trinajstić information content (AvgIpc) is 3.22. The van der Waals surface area contributed by atoms with E-state index < -0.39 is 0 Å². The Hall–Kier alpha value is -2.55. The normalized spacial score (nSPS) is 16.5. The topological polar surface area (TPSA) is 82.5 Å². The van der Waals surface area contributed by atoms with Crippen molar-refractivity contribution in [1.29, 1.82) is 0 Å². The second kappa shape index (κ2) is 8.67. The lowest BCUT2D eigenvalue weighted by molar-refractivity contribution is -0.129. The highest BCUT2D eigenvalue weighted by Crippen LogP contribution is 2.30. The van der Waals surface area contributed by atoms with Crippen LogP contribution in [0.3, 0.4) is 0 Å². The molecule has 0 saturated carbocycles. The maximum atomic E-state index is 12.9. The largest absolute Gasteiger partial charge is 0.363 e.